The van der Waals surface area contributed by atoms with Crippen LogP contribution >= 0.6 is 0 Å². The average molecular weight is 190 g/mol. The molecule has 0 bridgehead atoms. The molecule has 2 unspecified atom stereocenters. The van der Waals surface area contributed by atoms with Gasteiger partial charge in [-0.2, -0.15) is 0 Å². The Balaban J connectivity index is 1.82. The van der Waals surface area contributed by atoms with E-state index in [1.165, 1.54) is 25.7 Å². The molecule has 2 N–H and O–H groups in total. The highest BCUT2D eigenvalue weighted by molar-refractivity contribution is 5.32. The molecule has 2 nitrogen and oxygen atoms in total. The van der Waals surface area contributed by atoms with E-state index in [0.717, 1.165) is 12.6 Å². The van der Waals surface area contributed by atoms with E-state index >= 15 is 0 Å². The molecule has 0 aromatic rings. The third-order valence-corrected chi connectivity index (χ3v) is 3.81. The van der Waals surface area contributed by atoms with E-state index in [1.54, 1.807) is 5.57 Å². The van der Waals surface area contributed by atoms with Crippen molar-refractivity contribution in [1.29, 1.82) is 0 Å². The van der Waals surface area contributed by atoms with Crippen molar-refractivity contribution in [3.8, 4) is 0 Å². The second kappa shape index (κ2) is 3.52. The summed E-state index contributed by atoms with van der Waals surface area (Å²) in [6, 6.07) is 1.14. The van der Waals surface area contributed by atoms with Gasteiger partial charge in [0.05, 0.1) is 0 Å². The molecule has 76 valence electrons. The fourth-order valence-electron chi connectivity index (χ4n) is 3.08. The van der Waals surface area contributed by atoms with Gasteiger partial charge in [-0.1, -0.05) is 31.1 Å². The van der Waals surface area contributed by atoms with Crippen LogP contribution in [-0.4, -0.2) is 18.8 Å². The molecular weight excluding hydrogens is 172 g/mol. The average Bonchev–Trinajstić information content (AvgIpc) is 2.88. The second-order valence-corrected chi connectivity index (χ2v) is 4.62. The van der Waals surface area contributed by atoms with Crippen LogP contribution in [0.1, 0.15) is 25.7 Å². The summed E-state index contributed by atoms with van der Waals surface area (Å²) < 4.78 is 0. The Kier molecular flexibility index (Phi) is 2.18. The third kappa shape index (κ3) is 1.33. The van der Waals surface area contributed by atoms with Crippen LogP contribution in [-0.2, 0) is 0 Å². The first-order valence-corrected chi connectivity index (χ1v) is 5.80. The van der Waals surface area contributed by atoms with E-state index in [2.05, 4.69) is 28.9 Å². The Morgan fingerprint density at radius 1 is 1.14 bits per heavy atom. The molecule has 0 radical (unpaired) electrons. The second-order valence-electron chi connectivity index (χ2n) is 4.62. The van der Waals surface area contributed by atoms with Gasteiger partial charge in [-0.05, 0) is 24.3 Å². The summed E-state index contributed by atoms with van der Waals surface area (Å²) in [5.74, 6) is 0.861. The van der Waals surface area contributed by atoms with Crippen molar-refractivity contribution < 1.29 is 0 Å². The standard InChI is InChI=1S/C12H18N2/c1-2-5-9(4-1)10-6-3-7-11-12(10)14-8-13-11/h3,6-7,9,11-14H,1-2,4-5,8H2. The monoisotopic (exact) mass is 190 g/mol. The van der Waals surface area contributed by atoms with Crippen LogP contribution in [0, 0.1) is 5.92 Å². The van der Waals surface area contributed by atoms with E-state index in [0.29, 0.717) is 12.1 Å². The molecule has 2 atom stereocenters. The van der Waals surface area contributed by atoms with E-state index in [9.17, 15) is 0 Å². The number of hydrogen-bond acceptors (Lipinski definition) is 2. The van der Waals surface area contributed by atoms with Gasteiger partial charge in [0.25, 0.3) is 0 Å². The van der Waals surface area contributed by atoms with E-state index in [-0.39, 0.29) is 0 Å². The van der Waals surface area contributed by atoms with Crippen LogP contribution in [0.4, 0.5) is 0 Å². The molecule has 1 heterocycles. The van der Waals surface area contributed by atoms with Crippen molar-refractivity contribution in [2.75, 3.05) is 6.67 Å². The summed E-state index contributed by atoms with van der Waals surface area (Å²) in [4.78, 5) is 0. The molecule has 3 aliphatic rings. The third-order valence-electron chi connectivity index (χ3n) is 3.81. The smallest absolute Gasteiger partial charge is 0.0487 e. The van der Waals surface area contributed by atoms with Crippen LogP contribution in [0.25, 0.3) is 0 Å². The molecule has 0 aromatic carbocycles. The molecule has 2 fully saturated rings. The van der Waals surface area contributed by atoms with Crippen molar-refractivity contribution in [3.63, 3.8) is 0 Å². The minimum Gasteiger partial charge on any atom is -0.296 e. The molecule has 2 heteroatoms. The quantitative estimate of drug-likeness (QED) is 0.655. The summed E-state index contributed by atoms with van der Waals surface area (Å²) in [5.41, 5.74) is 1.65. The Bertz CT molecular complexity index is 274. The van der Waals surface area contributed by atoms with Crippen molar-refractivity contribution in [2.24, 2.45) is 5.92 Å². The highest BCUT2D eigenvalue weighted by atomic mass is 15.2. The maximum Gasteiger partial charge on any atom is 0.0487 e. The minimum atomic E-state index is 0.551. The van der Waals surface area contributed by atoms with Crippen LogP contribution < -0.4 is 10.6 Å². The zero-order chi connectivity index (χ0) is 9.38. The maximum absolute atomic E-state index is 3.55. The lowest BCUT2D eigenvalue weighted by Crippen LogP contribution is -2.37. The molecular formula is C12H18N2. The van der Waals surface area contributed by atoms with Crippen LogP contribution in [0.5, 0.6) is 0 Å². The predicted molar refractivity (Wildman–Crippen MR) is 57.9 cm³/mol. The van der Waals surface area contributed by atoms with Crippen molar-refractivity contribution in [1.82, 2.24) is 10.6 Å². The molecule has 1 aliphatic heterocycles. The predicted octanol–water partition coefficient (Wildman–Crippen LogP) is 1.56. The number of fused-ring (bicyclic) bond motifs is 1. The molecule has 3 rings (SSSR count). The number of nitrogens with one attached hydrogen (secondary N) is 2. The first-order chi connectivity index (χ1) is 6.95. The number of hydrogen-bond donors (Lipinski definition) is 2. The molecule has 1 saturated heterocycles. The van der Waals surface area contributed by atoms with Gasteiger partial charge in [-0.3, -0.25) is 10.6 Å². The SMILES string of the molecule is C1=CC2NCNC2C(C2CCCC2)=C1. The van der Waals surface area contributed by atoms with Crippen LogP contribution in [0.15, 0.2) is 23.8 Å². The maximum atomic E-state index is 3.55. The van der Waals surface area contributed by atoms with Gasteiger partial charge in [0.15, 0.2) is 0 Å². The molecule has 0 aromatic heterocycles. The summed E-state index contributed by atoms with van der Waals surface area (Å²) in [6.45, 7) is 0.962. The van der Waals surface area contributed by atoms with Gasteiger partial charge in [-0.25, -0.2) is 0 Å². The first kappa shape index (κ1) is 8.69. The lowest BCUT2D eigenvalue weighted by atomic mass is 9.85. The fraction of sp³-hybridized carbons (Fsp3) is 0.667. The lowest BCUT2D eigenvalue weighted by molar-refractivity contribution is 0.528. The normalized spacial score (nSPS) is 37.3. The van der Waals surface area contributed by atoms with Gasteiger partial charge in [0, 0.05) is 18.8 Å². The zero-order valence-electron chi connectivity index (χ0n) is 8.50. The largest absolute Gasteiger partial charge is 0.296 e. The Labute approximate surface area is 85.5 Å². The van der Waals surface area contributed by atoms with Gasteiger partial charge in [0.2, 0.25) is 0 Å². The van der Waals surface area contributed by atoms with Crippen molar-refractivity contribution >= 4 is 0 Å². The lowest BCUT2D eigenvalue weighted by Gasteiger charge is -2.26. The molecule has 0 amide bonds. The Morgan fingerprint density at radius 2 is 2.00 bits per heavy atom. The number of rotatable bonds is 1. The van der Waals surface area contributed by atoms with Gasteiger partial charge < -0.3 is 0 Å². The molecule has 2 aliphatic carbocycles. The first-order valence-electron chi connectivity index (χ1n) is 5.80. The number of allylic oxidation sites excluding steroid dienone is 2. The molecule has 14 heavy (non-hydrogen) atoms. The molecule has 1 saturated carbocycles. The summed E-state index contributed by atoms with van der Waals surface area (Å²) in [7, 11) is 0. The van der Waals surface area contributed by atoms with Crippen LogP contribution in [0.3, 0.4) is 0 Å². The summed E-state index contributed by atoms with van der Waals surface area (Å²) in [6.07, 6.45) is 12.5. The van der Waals surface area contributed by atoms with E-state index in [1.807, 2.05) is 0 Å². The summed E-state index contributed by atoms with van der Waals surface area (Å²) in [5, 5.41) is 7.03. The fourth-order valence-corrected chi connectivity index (χ4v) is 3.08. The van der Waals surface area contributed by atoms with Gasteiger partial charge >= 0.3 is 0 Å². The highest BCUT2D eigenvalue weighted by Crippen LogP contribution is 2.35. The topological polar surface area (TPSA) is 24.1 Å². The van der Waals surface area contributed by atoms with Crippen molar-refractivity contribution in [3.05, 3.63) is 23.8 Å². The Hall–Kier alpha value is -0.600. The zero-order valence-corrected chi connectivity index (χ0v) is 8.50. The van der Waals surface area contributed by atoms with Gasteiger partial charge in [-0.15, -0.1) is 0 Å². The van der Waals surface area contributed by atoms with Crippen molar-refractivity contribution in [2.45, 2.75) is 37.8 Å². The Morgan fingerprint density at radius 3 is 2.86 bits per heavy atom. The van der Waals surface area contributed by atoms with E-state index < -0.39 is 0 Å². The minimum absolute atomic E-state index is 0.551. The van der Waals surface area contributed by atoms with Crippen LogP contribution in [0.2, 0.25) is 0 Å². The van der Waals surface area contributed by atoms with E-state index in [4.69, 9.17) is 0 Å². The highest BCUT2D eigenvalue weighted by Gasteiger charge is 2.33. The molecule has 0 spiro atoms. The summed E-state index contributed by atoms with van der Waals surface area (Å²) >= 11 is 0. The van der Waals surface area contributed by atoms with Gasteiger partial charge in [0.1, 0.15) is 0 Å².